The van der Waals surface area contributed by atoms with Gasteiger partial charge in [0.25, 0.3) is 0 Å². The second-order valence-electron chi connectivity index (χ2n) is 3.78. The van der Waals surface area contributed by atoms with Crippen molar-refractivity contribution >= 4 is 27.4 Å². The first-order valence-corrected chi connectivity index (χ1v) is 6.24. The van der Waals surface area contributed by atoms with Gasteiger partial charge in [-0.3, -0.25) is 4.40 Å². The average molecular weight is 318 g/mol. The molecule has 0 fully saturated rings. The van der Waals surface area contributed by atoms with Crippen LogP contribution in [-0.4, -0.2) is 21.4 Å². The van der Waals surface area contributed by atoms with E-state index in [1.54, 1.807) is 29.9 Å². The Hall–Kier alpha value is -2.33. The number of nitriles is 1. The van der Waals surface area contributed by atoms with Gasteiger partial charge in [-0.05, 0) is 28.1 Å². The Kier molecular flexibility index (Phi) is 2.72. The maximum absolute atomic E-state index is 8.86. The van der Waals surface area contributed by atoms with Gasteiger partial charge in [-0.15, -0.1) is 0 Å². The molecule has 7 heteroatoms. The fourth-order valence-corrected chi connectivity index (χ4v) is 2.17. The Morgan fingerprint density at radius 2 is 2.32 bits per heavy atom. The van der Waals surface area contributed by atoms with Crippen LogP contribution in [0.5, 0.6) is 0 Å². The Balaban J connectivity index is 2.27. The van der Waals surface area contributed by atoms with Crippen LogP contribution in [0.25, 0.3) is 17.1 Å². The van der Waals surface area contributed by atoms with Gasteiger partial charge in [-0.1, -0.05) is 0 Å². The fourth-order valence-electron chi connectivity index (χ4n) is 1.86. The van der Waals surface area contributed by atoms with Crippen molar-refractivity contribution in [2.75, 3.05) is 12.4 Å². The van der Waals surface area contributed by atoms with Crippen LogP contribution >= 0.6 is 15.9 Å². The normalized spacial score (nSPS) is 10.6. The van der Waals surface area contributed by atoms with Crippen molar-refractivity contribution in [2.45, 2.75) is 0 Å². The summed E-state index contributed by atoms with van der Waals surface area (Å²) in [5.74, 6) is 1.40. The molecule has 0 unspecified atom stereocenters. The Labute approximate surface area is 116 Å². The predicted octanol–water partition coefficient (Wildman–Crippen LogP) is 2.67. The molecule has 3 heterocycles. The minimum absolute atomic E-state index is 0.326. The molecule has 0 radical (unpaired) electrons. The van der Waals surface area contributed by atoms with Gasteiger partial charge in [0.1, 0.15) is 35.2 Å². The Morgan fingerprint density at radius 3 is 2.95 bits per heavy atom. The van der Waals surface area contributed by atoms with Crippen LogP contribution in [0.1, 0.15) is 5.69 Å². The van der Waals surface area contributed by atoms with Gasteiger partial charge in [0.2, 0.25) is 0 Å². The SMILES string of the molecule is CNc1c(-c2ccc(Br)o2)nc2cc(C#N)ncn12. The molecule has 0 spiro atoms. The van der Waals surface area contributed by atoms with Gasteiger partial charge >= 0.3 is 0 Å². The summed E-state index contributed by atoms with van der Waals surface area (Å²) in [6.07, 6.45) is 1.56. The van der Waals surface area contributed by atoms with Crippen LogP contribution in [0.15, 0.2) is 33.6 Å². The van der Waals surface area contributed by atoms with E-state index in [1.165, 1.54) is 0 Å². The zero-order chi connectivity index (χ0) is 13.4. The van der Waals surface area contributed by atoms with Gasteiger partial charge in [-0.25, -0.2) is 9.97 Å². The molecule has 1 N–H and O–H groups in total. The van der Waals surface area contributed by atoms with Crippen molar-refractivity contribution in [2.24, 2.45) is 0 Å². The first-order valence-electron chi connectivity index (χ1n) is 5.44. The lowest BCUT2D eigenvalue weighted by atomic mass is 10.3. The molecule has 3 aromatic heterocycles. The third-order valence-corrected chi connectivity index (χ3v) is 3.10. The largest absolute Gasteiger partial charge is 0.448 e. The smallest absolute Gasteiger partial charge is 0.169 e. The number of nitrogens with zero attached hydrogens (tertiary/aromatic N) is 4. The molecule has 0 saturated carbocycles. The van der Waals surface area contributed by atoms with Crippen molar-refractivity contribution in [3.05, 3.63) is 34.9 Å². The van der Waals surface area contributed by atoms with Gasteiger partial charge in [0.05, 0.1) is 0 Å². The molecule has 0 aliphatic heterocycles. The van der Waals surface area contributed by atoms with E-state index in [0.29, 0.717) is 27.5 Å². The number of hydrogen-bond donors (Lipinski definition) is 1. The zero-order valence-corrected chi connectivity index (χ0v) is 11.5. The highest BCUT2D eigenvalue weighted by atomic mass is 79.9. The van der Waals surface area contributed by atoms with Crippen LogP contribution in [0.2, 0.25) is 0 Å². The number of aromatic nitrogens is 3. The number of anilines is 1. The van der Waals surface area contributed by atoms with E-state index < -0.39 is 0 Å². The Bertz CT molecular complexity index is 798. The first kappa shape index (κ1) is 11.7. The molecular weight excluding hydrogens is 310 g/mol. The molecule has 3 rings (SSSR count). The third kappa shape index (κ3) is 1.86. The van der Waals surface area contributed by atoms with E-state index in [0.717, 1.165) is 5.82 Å². The van der Waals surface area contributed by atoms with E-state index in [-0.39, 0.29) is 0 Å². The summed E-state index contributed by atoms with van der Waals surface area (Å²) in [5.41, 5.74) is 1.64. The third-order valence-electron chi connectivity index (χ3n) is 2.67. The van der Waals surface area contributed by atoms with E-state index in [4.69, 9.17) is 9.68 Å². The predicted molar refractivity (Wildman–Crippen MR) is 72.7 cm³/mol. The average Bonchev–Trinajstić information content (AvgIpc) is 3.00. The molecule has 6 nitrogen and oxygen atoms in total. The monoisotopic (exact) mass is 317 g/mol. The lowest BCUT2D eigenvalue weighted by Crippen LogP contribution is -1.97. The summed E-state index contributed by atoms with van der Waals surface area (Å²) in [6.45, 7) is 0. The number of imidazole rings is 1. The summed E-state index contributed by atoms with van der Waals surface area (Å²) in [4.78, 5) is 8.50. The first-order chi connectivity index (χ1) is 9.22. The molecule has 0 amide bonds. The molecule has 0 aliphatic carbocycles. The lowest BCUT2D eigenvalue weighted by molar-refractivity contribution is 0.554. The maximum Gasteiger partial charge on any atom is 0.169 e. The quantitative estimate of drug-likeness (QED) is 0.786. The molecule has 0 aromatic carbocycles. The standard InChI is InChI=1S/C12H8BrN5O/c1-15-12-11(8-2-3-9(13)19-8)17-10-4-7(5-14)16-6-18(10)12/h2-4,6,15H,1H3. The number of hydrogen-bond acceptors (Lipinski definition) is 5. The number of halogens is 1. The zero-order valence-electron chi connectivity index (χ0n) is 9.88. The number of nitrogens with one attached hydrogen (secondary N) is 1. The highest BCUT2D eigenvalue weighted by Gasteiger charge is 2.16. The van der Waals surface area contributed by atoms with Gasteiger partial charge < -0.3 is 9.73 Å². The van der Waals surface area contributed by atoms with E-state index >= 15 is 0 Å². The highest BCUT2D eigenvalue weighted by Crippen LogP contribution is 2.31. The van der Waals surface area contributed by atoms with Crippen LogP contribution in [0.4, 0.5) is 5.82 Å². The number of fused-ring (bicyclic) bond motifs is 1. The van der Waals surface area contributed by atoms with Crippen molar-refractivity contribution in [1.29, 1.82) is 5.26 Å². The minimum atomic E-state index is 0.326. The van der Waals surface area contributed by atoms with E-state index in [1.807, 2.05) is 12.1 Å². The van der Waals surface area contributed by atoms with Crippen molar-refractivity contribution < 1.29 is 4.42 Å². The fraction of sp³-hybridized carbons (Fsp3) is 0.0833. The van der Waals surface area contributed by atoms with Crippen LogP contribution in [0, 0.1) is 11.3 Å². The van der Waals surface area contributed by atoms with Crippen molar-refractivity contribution in [3.63, 3.8) is 0 Å². The maximum atomic E-state index is 8.86. The molecule has 3 aromatic rings. The molecule has 0 aliphatic rings. The minimum Gasteiger partial charge on any atom is -0.448 e. The lowest BCUT2D eigenvalue weighted by Gasteiger charge is -2.01. The molecule has 0 saturated heterocycles. The molecular formula is C12H8BrN5O. The van der Waals surface area contributed by atoms with Gasteiger partial charge in [0, 0.05) is 13.1 Å². The summed E-state index contributed by atoms with van der Waals surface area (Å²) in [5, 5.41) is 11.9. The Morgan fingerprint density at radius 1 is 1.47 bits per heavy atom. The molecule has 0 atom stereocenters. The van der Waals surface area contributed by atoms with Crippen molar-refractivity contribution in [3.8, 4) is 17.5 Å². The summed E-state index contributed by atoms with van der Waals surface area (Å²) in [6, 6.07) is 7.25. The molecule has 19 heavy (non-hydrogen) atoms. The van der Waals surface area contributed by atoms with Crippen molar-refractivity contribution in [1.82, 2.24) is 14.4 Å². The number of rotatable bonds is 2. The van der Waals surface area contributed by atoms with Gasteiger partial charge in [0.15, 0.2) is 10.4 Å². The number of furan rings is 1. The second-order valence-corrected chi connectivity index (χ2v) is 4.56. The van der Waals surface area contributed by atoms with E-state index in [2.05, 4.69) is 31.2 Å². The van der Waals surface area contributed by atoms with E-state index in [9.17, 15) is 0 Å². The van der Waals surface area contributed by atoms with Crippen LogP contribution < -0.4 is 5.32 Å². The summed E-state index contributed by atoms with van der Waals surface area (Å²) < 4.78 is 7.92. The summed E-state index contributed by atoms with van der Waals surface area (Å²) >= 11 is 3.27. The van der Waals surface area contributed by atoms with Gasteiger partial charge in [-0.2, -0.15) is 5.26 Å². The summed E-state index contributed by atoms with van der Waals surface area (Å²) in [7, 11) is 1.79. The molecule has 94 valence electrons. The van der Waals surface area contributed by atoms with Crippen LogP contribution in [-0.2, 0) is 0 Å². The highest BCUT2D eigenvalue weighted by molar-refractivity contribution is 9.10. The molecule has 0 bridgehead atoms. The second kappa shape index (κ2) is 4.40. The van der Waals surface area contributed by atoms with Crippen LogP contribution in [0.3, 0.4) is 0 Å². The topological polar surface area (TPSA) is 79.2 Å².